The van der Waals surface area contributed by atoms with E-state index in [1.807, 2.05) is 31.4 Å². The fraction of sp³-hybridized carbons (Fsp3) is 0.0909. The lowest BCUT2D eigenvalue weighted by molar-refractivity contribution is 0.715. The van der Waals surface area contributed by atoms with Crippen molar-refractivity contribution in [2.75, 3.05) is 0 Å². The molecular formula is C11H10ClN3. The predicted octanol–water partition coefficient (Wildman–Crippen LogP) is 2.78. The molecule has 3 nitrogen and oxygen atoms in total. The van der Waals surface area contributed by atoms with Crippen molar-refractivity contribution in [2.24, 2.45) is 7.05 Å². The van der Waals surface area contributed by atoms with Crippen LogP contribution in [0.4, 0.5) is 0 Å². The molecule has 0 spiro atoms. The number of halogens is 1. The van der Waals surface area contributed by atoms with Gasteiger partial charge in [-0.3, -0.25) is 4.68 Å². The Kier molecular flexibility index (Phi) is 2.56. The van der Waals surface area contributed by atoms with E-state index in [9.17, 15) is 0 Å². The van der Waals surface area contributed by atoms with Crippen LogP contribution < -0.4 is 0 Å². The average Bonchev–Trinajstić information content (AvgIpc) is 2.64. The van der Waals surface area contributed by atoms with E-state index in [2.05, 4.69) is 16.9 Å². The Morgan fingerprint density at radius 1 is 1.47 bits per heavy atom. The first-order chi connectivity index (χ1) is 7.20. The second-order valence-corrected chi connectivity index (χ2v) is 3.63. The van der Waals surface area contributed by atoms with E-state index >= 15 is 0 Å². The molecular weight excluding hydrogens is 210 g/mol. The Labute approximate surface area is 93.0 Å². The molecule has 2 aromatic rings. The number of aryl methyl sites for hydroxylation is 1. The molecule has 0 unspecified atom stereocenters. The number of hydrogen-bond acceptors (Lipinski definition) is 2. The second kappa shape index (κ2) is 3.87. The summed E-state index contributed by atoms with van der Waals surface area (Å²) in [6.07, 6.45) is 3.58. The molecule has 0 bridgehead atoms. The van der Waals surface area contributed by atoms with Gasteiger partial charge in [-0.05, 0) is 11.6 Å². The third kappa shape index (κ3) is 1.92. The summed E-state index contributed by atoms with van der Waals surface area (Å²) in [5.74, 6) is 0. The van der Waals surface area contributed by atoms with Gasteiger partial charge in [-0.25, -0.2) is 0 Å². The van der Waals surface area contributed by atoms with Crippen LogP contribution in [0.1, 0.15) is 5.56 Å². The quantitative estimate of drug-likeness (QED) is 0.778. The molecule has 0 aliphatic rings. The standard InChI is InChI=1S/C11H10ClN3/c1-3-8-4-5-9(10(12)6-8)11-7-15(2)14-13-11/h3-7H,1H2,2H3. The Balaban J connectivity index is 2.49. The van der Waals surface area contributed by atoms with Gasteiger partial charge in [0.1, 0.15) is 5.69 Å². The molecule has 4 heteroatoms. The minimum Gasteiger partial charge on any atom is -0.255 e. The summed E-state index contributed by atoms with van der Waals surface area (Å²) in [7, 11) is 1.82. The van der Waals surface area contributed by atoms with Crippen molar-refractivity contribution < 1.29 is 0 Å². The zero-order valence-corrected chi connectivity index (χ0v) is 9.07. The van der Waals surface area contributed by atoms with Crippen LogP contribution in [0.25, 0.3) is 17.3 Å². The summed E-state index contributed by atoms with van der Waals surface area (Å²) in [5.41, 5.74) is 2.65. The van der Waals surface area contributed by atoms with Gasteiger partial charge in [-0.2, -0.15) is 0 Å². The summed E-state index contributed by atoms with van der Waals surface area (Å²) >= 11 is 6.13. The minimum absolute atomic E-state index is 0.660. The van der Waals surface area contributed by atoms with Gasteiger partial charge in [0.25, 0.3) is 0 Å². The summed E-state index contributed by atoms with van der Waals surface area (Å²) < 4.78 is 1.65. The van der Waals surface area contributed by atoms with Crippen LogP contribution in [0.3, 0.4) is 0 Å². The summed E-state index contributed by atoms with van der Waals surface area (Å²) in [4.78, 5) is 0. The van der Waals surface area contributed by atoms with Gasteiger partial charge in [0.05, 0.1) is 11.2 Å². The molecule has 0 saturated heterocycles. The van der Waals surface area contributed by atoms with Crippen molar-refractivity contribution in [1.82, 2.24) is 15.0 Å². The van der Waals surface area contributed by atoms with Crippen molar-refractivity contribution in [3.63, 3.8) is 0 Å². The van der Waals surface area contributed by atoms with Crippen LogP contribution in [-0.2, 0) is 7.05 Å². The van der Waals surface area contributed by atoms with Gasteiger partial charge < -0.3 is 0 Å². The molecule has 0 aliphatic carbocycles. The lowest BCUT2D eigenvalue weighted by atomic mass is 10.1. The van der Waals surface area contributed by atoms with E-state index in [1.54, 1.807) is 10.8 Å². The first kappa shape index (κ1) is 9.93. The van der Waals surface area contributed by atoms with Crippen LogP contribution in [0, 0.1) is 0 Å². The van der Waals surface area contributed by atoms with E-state index in [-0.39, 0.29) is 0 Å². The first-order valence-electron chi connectivity index (χ1n) is 4.49. The molecule has 0 fully saturated rings. The highest BCUT2D eigenvalue weighted by Crippen LogP contribution is 2.27. The van der Waals surface area contributed by atoms with Gasteiger partial charge in [-0.15, -0.1) is 5.10 Å². The average molecular weight is 220 g/mol. The lowest BCUT2D eigenvalue weighted by Gasteiger charge is -2.00. The van der Waals surface area contributed by atoms with Crippen molar-refractivity contribution in [3.05, 3.63) is 41.6 Å². The van der Waals surface area contributed by atoms with Crippen LogP contribution in [-0.4, -0.2) is 15.0 Å². The first-order valence-corrected chi connectivity index (χ1v) is 4.87. The molecule has 76 valence electrons. The molecule has 1 heterocycles. The van der Waals surface area contributed by atoms with Crippen LogP contribution in [0.15, 0.2) is 31.0 Å². The number of aromatic nitrogens is 3. The van der Waals surface area contributed by atoms with Crippen molar-refractivity contribution in [1.29, 1.82) is 0 Å². The largest absolute Gasteiger partial charge is 0.255 e. The van der Waals surface area contributed by atoms with Gasteiger partial charge >= 0.3 is 0 Å². The zero-order valence-electron chi connectivity index (χ0n) is 8.31. The molecule has 2 rings (SSSR count). The molecule has 0 atom stereocenters. The van der Waals surface area contributed by atoms with Crippen LogP contribution >= 0.6 is 11.6 Å². The molecule has 0 radical (unpaired) electrons. The van der Waals surface area contributed by atoms with Crippen LogP contribution in [0.5, 0.6) is 0 Å². The topological polar surface area (TPSA) is 30.7 Å². The maximum Gasteiger partial charge on any atom is 0.114 e. The molecule has 15 heavy (non-hydrogen) atoms. The van der Waals surface area contributed by atoms with E-state index in [0.717, 1.165) is 16.8 Å². The molecule has 0 N–H and O–H groups in total. The van der Waals surface area contributed by atoms with Crippen molar-refractivity contribution in [2.45, 2.75) is 0 Å². The highest BCUT2D eigenvalue weighted by Gasteiger charge is 2.06. The Bertz CT molecular complexity index is 502. The fourth-order valence-corrected chi connectivity index (χ4v) is 1.62. The monoisotopic (exact) mass is 219 g/mol. The number of hydrogen-bond donors (Lipinski definition) is 0. The number of nitrogens with zero attached hydrogens (tertiary/aromatic N) is 3. The summed E-state index contributed by atoms with van der Waals surface area (Å²) in [6, 6.07) is 5.73. The third-order valence-electron chi connectivity index (χ3n) is 2.11. The van der Waals surface area contributed by atoms with Gasteiger partial charge in [0.2, 0.25) is 0 Å². The Morgan fingerprint density at radius 3 is 2.80 bits per heavy atom. The number of rotatable bonds is 2. The smallest absolute Gasteiger partial charge is 0.114 e. The normalized spacial score (nSPS) is 10.3. The van der Waals surface area contributed by atoms with Crippen LogP contribution in [0.2, 0.25) is 5.02 Å². The third-order valence-corrected chi connectivity index (χ3v) is 2.42. The summed E-state index contributed by atoms with van der Waals surface area (Å²) in [6.45, 7) is 3.69. The maximum absolute atomic E-state index is 6.13. The summed E-state index contributed by atoms with van der Waals surface area (Å²) in [5, 5.41) is 8.53. The van der Waals surface area contributed by atoms with Gasteiger partial charge in [-0.1, -0.05) is 41.6 Å². The Morgan fingerprint density at radius 2 is 2.27 bits per heavy atom. The minimum atomic E-state index is 0.660. The molecule has 0 saturated carbocycles. The van der Waals surface area contributed by atoms with E-state index < -0.39 is 0 Å². The van der Waals surface area contributed by atoms with Crippen molar-refractivity contribution in [3.8, 4) is 11.3 Å². The van der Waals surface area contributed by atoms with Gasteiger partial charge in [0, 0.05) is 12.6 Å². The fourth-order valence-electron chi connectivity index (χ4n) is 1.34. The lowest BCUT2D eigenvalue weighted by Crippen LogP contribution is -1.85. The predicted molar refractivity (Wildman–Crippen MR) is 61.5 cm³/mol. The second-order valence-electron chi connectivity index (χ2n) is 3.22. The molecule has 0 aliphatic heterocycles. The van der Waals surface area contributed by atoms with E-state index in [0.29, 0.717) is 5.02 Å². The Hall–Kier alpha value is -1.61. The molecule has 1 aromatic heterocycles. The van der Waals surface area contributed by atoms with E-state index in [4.69, 9.17) is 11.6 Å². The SMILES string of the molecule is C=Cc1ccc(-c2cn(C)nn2)c(Cl)c1. The maximum atomic E-state index is 6.13. The zero-order chi connectivity index (χ0) is 10.8. The number of benzene rings is 1. The molecule has 0 amide bonds. The molecule has 1 aromatic carbocycles. The highest BCUT2D eigenvalue weighted by molar-refractivity contribution is 6.33. The van der Waals surface area contributed by atoms with E-state index in [1.165, 1.54) is 0 Å². The highest BCUT2D eigenvalue weighted by atomic mass is 35.5. The van der Waals surface area contributed by atoms with Gasteiger partial charge in [0.15, 0.2) is 0 Å². The van der Waals surface area contributed by atoms with Crippen molar-refractivity contribution >= 4 is 17.7 Å².